The number of ether oxygens (including phenoxy) is 1. The molecule has 0 spiro atoms. The maximum Gasteiger partial charge on any atom is 0.410 e. The molecule has 0 bridgehead atoms. The predicted molar refractivity (Wildman–Crippen MR) is 103 cm³/mol. The number of hydrogen-bond acceptors (Lipinski definition) is 5. The van der Waals surface area contributed by atoms with Crippen LogP contribution in [0.4, 0.5) is 10.5 Å². The molecule has 1 amide bonds. The van der Waals surface area contributed by atoms with Crippen molar-refractivity contribution in [3.05, 3.63) is 59.7 Å². The number of benzene rings is 2. The van der Waals surface area contributed by atoms with E-state index in [1.807, 2.05) is 36.4 Å². The van der Waals surface area contributed by atoms with E-state index >= 15 is 0 Å². The zero-order chi connectivity index (χ0) is 19.2. The summed E-state index contributed by atoms with van der Waals surface area (Å²) >= 11 is 0. The number of anilines is 1. The van der Waals surface area contributed by atoms with E-state index in [-0.39, 0.29) is 24.2 Å². The van der Waals surface area contributed by atoms with E-state index in [1.54, 1.807) is 17.0 Å². The van der Waals surface area contributed by atoms with Crippen molar-refractivity contribution >= 4 is 17.6 Å². The highest BCUT2D eigenvalue weighted by Gasteiger charge is 2.21. The summed E-state index contributed by atoms with van der Waals surface area (Å²) in [6.45, 7) is 4.27. The van der Waals surface area contributed by atoms with Gasteiger partial charge in [0.1, 0.15) is 12.4 Å². The van der Waals surface area contributed by atoms with Crippen molar-refractivity contribution in [3.8, 4) is 5.75 Å². The molecule has 142 valence electrons. The maximum absolute atomic E-state index is 12.3. The van der Waals surface area contributed by atoms with Crippen LogP contribution in [0.25, 0.3) is 0 Å². The van der Waals surface area contributed by atoms with Crippen LogP contribution in [0.5, 0.6) is 5.75 Å². The summed E-state index contributed by atoms with van der Waals surface area (Å²) in [6.07, 6.45) is 0.492. The number of phenolic OH excluding ortho intramolecular Hbond substituents is 1. The molecule has 3 rings (SSSR count). The molecule has 27 heavy (non-hydrogen) atoms. The molecule has 6 heteroatoms. The van der Waals surface area contributed by atoms with Gasteiger partial charge in [0.05, 0.1) is 5.56 Å². The highest BCUT2D eigenvalue weighted by atomic mass is 16.6. The summed E-state index contributed by atoms with van der Waals surface area (Å²) in [5, 5.41) is 10.0. The Bertz CT molecular complexity index is 807. The lowest BCUT2D eigenvalue weighted by Gasteiger charge is -2.24. The third-order valence-corrected chi connectivity index (χ3v) is 4.68. The number of Topliss-reactive ketones (excluding diaryl/α,β-unsaturated/α-hetero) is 1. The van der Waals surface area contributed by atoms with Crippen LogP contribution in [0.1, 0.15) is 29.3 Å². The maximum atomic E-state index is 12.3. The Balaban J connectivity index is 1.57. The molecule has 1 fully saturated rings. The quantitative estimate of drug-likeness (QED) is 0.837. The van der Waals surface area contributed by atoms with Crippen molar-refractivity contribution < 1.29 is 19.4 Å². The number of hydrogen-bond donors (Lipinski definition) is 1. The van der Waals surface area contributed by atoms with Crippen molar-refractivity contribution in [2.75, 3.05) is 31.1 Å². The second-order valence-corrected chi connectivity index (χ2v) is 6.63. The van der Waals surface area contributed by atoms with Crippen LogP contribution in [-0.4, -0.2) is 48.1 Å². The van der Waals surface area contributed by atoms with Gasteiger partial charge in [0.25, 0.3) is 0 Å². The SMILES string of the molecule is CC(=O)c1ccc(N2CCCN(C(=O)OCc3ccccc3)CC2)cc1O. The predicted octanol–water partition coefficient (Wildman–Crippen LogP) is 3.44. The number of carbonyl (C=O) groups is 2. The fourth-order valence-corrected chi connectivity index (χ4v) is 3.18. The summed E-state index contributed by atoms with van der Waals surface area (Å²) in [5.41, 5.74) is 2.13. The van der Waals surface area contributed by atoms with Crippen molar-refractivity contribution in [1.29, 1.82) is 0 Å². The van der Waals surface area contributed by atoms with Crippen molar-refractivity contribution in [1.82, 2.24) is 4.90 Å². The van der Waals surface area contributed by atoms with Gasteiger partial charge < -0.3 is 19.6 Å². The van der Waals surface area contributed by atoms with E-state index in [2.05, 4.69) is 4.90 Å². The Labute approximate surface area is 159 Å². The van der Waals surface area contributed by atoms with E-state index in [0.29, 0.717) is 25.2 Å². The van der Waals surface area contributed by atoms with E-state index < -0.39 is 0 Å². The number of ketones is 1. The van der Waals surface area contributed by atoms with E-state index in [0.717, 1.165) is 24.2 Å². The molecular weight excluding hydrogens is 344 g/mol. The molecule has 0 atom stereocenters. The Kier molecular flexibility index (Phi) is 5.96. The summed E-state index contributed by atoms with van der Waals surface area (Å²) in [7, 11) is 0. The average molecular weight is 368 g/mol. The zero-order valence-corrected chi connectivity index (χ0v) is 15.4. The first kappa shape index (κ1) is 18.8. The smallest absolute Gasteiger partial charge is 0.410 e. The number of phenols is 1. The van der Waals surface area contributed by atoms with Gasteiger partial charge in [0, 0.05) is 37.9 Å². The lowest BCUT2D eigenvalue weighted by Crippen LogP contribution is -2.35. The summed E-state index contributed by atoms with van der Waals surface area (Å²) in [5.74, 6) is -0.175. The first-order chi connectivity index (χ1) is 13.0. The lowest BCUT2D eigenvalue weighted by atomic mass is 10.1. The van der Waals surface area contributed by atoms with Gasteiger partial charge >= 0.3 is 6.09 Å². The van der Waals surface area contributed by atoms with E-state index in [9.17, 15) is 14.7 Å². The van der Waals surface area contributed by atoms with Gasteiger partial charge in [-0.3, -0.25) is 4.79 Å². The average Bonchev–Trinajstić information content (AvgIpc) is 2.93. The van der Waals surface area contributed by atoms with Crippen LogP contribution >= 0.6 is 0 Å². The van der Waals surface area contributed by atoms with Crippen LogP contribution < -0.4 is 4.90 Å². The largest absolute Gasteiger partial charge is 0.507 e. The summed E-state index contributed by atoms with van der Waals surface area (Å²) < 4.78 is 5.42. The number of amides is 1. The van der Waals surface area contributed by atoms with Crippen molar-refractivity contribution in [3.63, 3.8) is 0 Å². The van der Waals surface area contributed by atoms with Crippen LogP contribution in [0.2, 0.25) is 0 Å². The van der Waals surface area contributed by atoms with Gasteiger partial charge in [0.2, 0.25) is 0 Å². The van der Waals surface area contributed by atoms with Gasteiger partial charge in [-0.2, -0.15) is 0 Å². The molecule has 0 aromatic heterocycles. The van der Waals surface area contributed by atoms with Gasteiger partial charge in [-0.15, -0.1) is 0 Å². The highest BCUT2D eigenvalue weighted by Crippen LogP contribution is 2.26. The molecule has 0 radical (unpaired) electrons. The van der Waals surface area contributed by atoms with Crippen molar-refractivity contribution in [2.45, 2.75) is 20.0 Å². The normalized spacial score (nSPS) is 14.6. The number of rotatable bonds is 4. The monoisotopic (exact) mass is 368 g/mol. The van der Waals surface area contributed by atoms with Gasteiger partial charge in [-0.05, 0) is 31.0 Å². The van der Waals surface area contributed by atoms with Gasteiger partial charge in [-0.25, -0.2) is 4.79 Å². The molecule has 1 aliphatic heterocycles. The number of nitrogens with zero attached hydrogens (tertiary/aromatic N) is 2. The van der Waals surface area contributed by atoms with Crippen LogP contribution in [0, 0.1) is 0 Å². The second kappa shape index (κ2) is 8.58. The fraction of sp³-hybridized carbons (Fsp3) is 0.333. The zero-order valence-electron chi connectivity index (χ0n) is 15.4. The standard InChI is InChI=1S/C21H24N2O4/c1-16(24)19-9-8-18(14-20(19)25)22-10-5-11-23(13-12-22)21(26)27-15-17-6-3-2-4-7-17/h2-4,6-9,14,25H,5,10-13,15H2,1H3. The second-order valence-electron chi connectivity index (χ2n) is 6.63. The molecule has 0 aliphatic carbocycles. The lowest BCUT2D eigenvalue weighted by molar-refractivity contribution is 0.0983. The molecule has 1 N–H and O–H groups in total. The van der Waals surface area contributed by atoms with Crippen LogP contribution in [-0.2, 0) is 11.3 Å². The molecular formula is C21H24N2O4. The Morgan fingerprint density at radius 2 is 1.81 bits per heavy atom. The molecule has 1 heterocycles. The fourth-order valence-electron chi connectivity index (χ4n) is 3.18. The van der Waals surface area contributed by atoms with Crippen LogP contribution in [0.3, 0.4) is 0 Å². The molecule has 2 aromatic rings. The van der Waals surface area contributed by atoms with Crippen LogP contribution in [0.15, 0.2) is 48.5 Å². The first-order valence-corrected chi connectivity index (χ1v) is 9.09. The third kappa shape index (κ3) is 4.78. The minimum Gasteiger partial charge on any atom is -0.507 e. The third-order valence-electron chi connectivity index (χ3n) is 4.68. The van der Waals surface area contributed by atoms with Crippen molar-refractivity contribution in [2.24, 2.45) is 0 Å². The first-order valence-electron chi connectivity index (χ1n) is 9.09. The summed E-state index contributed by atoms with van der Waals surface area (Å²) in [6, 6.07) is 14.7. The molecule has 2 aromatic carbocycles. The molecule has 6 nitrogen and oxygen atoms in total. The Morgan fingerprint density at radius 3 is 2.52 bits per heavy atom. The van der Waals surface area contributed by atoms with E-state index in [4.69, 9.17) is 4.74 Å². The summed E-state index contributed by atoms with van der Waals surface area (Å²) in [4.78, 5) is 27.6. The van der Waals surface area contributed by atoms with Gasteiger partial charge in [-0.1, -0.05) is 30.3 Å². The minimum atomic E-state index is -0.310. The topological polar surface area (TPSA) is 70.1 Å². The van der Waals surface area contributed by atoms with E-state index in [1.165, 1.54) is 6.92 Å². The minimum absolute atomic E-state index is 0.0108. The molecule has 1 saturated heterocycles. The van der Waals surface area contributed by atoms with Gasteiger partial charge in [0.15, 0.2) is 5.78 Å². The molecule has 0 unspecified atom stereocenters. The number of aromatic hydroxyl groups is 1. The Hall–Kier alpha value is -3.02. The highest BCUT2D eigenvalue weighted by molar-refractivity contribution is 5.97. The Morgan fingerprint density at radius 1 is 1.04 bits per heavy atom. The molecule has 0 saturated carbocycles. The molecule has 1 aliphatic rings. The number of carbonyl (C=O) groups excluding carboxylic acids is 2.